The second-order valence-corrected chi connectivity index (χ2v) is 8.06. The first-order chi connectivity index (χ1) is 17.2. The van der Waals surface area contributed by atoms with E-state index in [1.807, 2.05) is 18.3 Å². The molecule has 4 heterocycles. The van der Waals surface area contributed by atoms with Crippen LogP contribution in [0.25, 0.3) is 22.2 Å². The highest BCUT2D eigenvalue weighted by atomic mass is 16.5. The fourth-order valence-corrected chi connectivity index (χ4v) is 4.05. The number of anilines is 2. The van der Waals surface area contributed by atoms with Crippen molar-refractivity contribution in [1.82, 2.24) is 25.3 Å². The van der Waals surface area contributed by atoms with E-state index in [-0.39, 0.29) is 12.0 Å². The van der Waals surface area contributed by atoms with Gasteiger partial charge in [0.15, 0.2) is 0 Å². The molecule has 5 rings (SSSR count). The van der Waals surface area contributed by atoms with Gasteiger partial charge in [-0.15, -0.1) is 0 Å². The molecule has 0 unspecified atom stereocenters. The van der Waals surface area contributed by atoms with E-state index in [1.165, 1.54) is 0 Å². The summed E-state index contributed by atoms with van der Waals surface area (Å²) in [5.41, 5.74) is 3.67. The molecule has 1 saturated heterocycles. The molecule has 0 saturated carbocycles. The standard InChI is InChI=1S/C25H26N6O4/c1-26-23(32)16-3-4-19(20(13-16)33-2)29-25-30-22-21(18(14-28-22)15-5-9-27-10-6-15)24(31-25)35-17-7-11-34-12-8-17/h3-6,9-10,13-14,17H,7-8,11-12H2,1-2H3,(H,26,32)(H2,28,29,30,31). The lowest BCUT2D eigenvalue weighted by Gasteiger charge is -2.23. The van der Waals surface area contributed by atoms with Gasteiger partial charge in [0.2, 0.25) is 11.8 Å². The number of hydrogen-bond acceptors (Lipinski definition) is 8. The van der Waals surface area contributed by atoms with Crippen molar-refractivity contribution in [1.29, 1.82) is 0 Å². The van der Waals surface area contributed by atoms with Crippen molar-refractivity contribution in [2.24, 2.45) is 0 Å². The van der Waals surface area contributed by atoms with Crippen LogP contribution in [0.5, 0.6) is 11.6 Å². The molecule has 1 aromatic carbocycles. The third-order valence-electron chi connectivity index (χ3n) is 5.87. The number of aromatic nitrogens is 4. The molecular formula is C25H26N6O4. The summed E-state index contributed by atoms with van der Waals surface area (Å²) in [5.74, 6) is 1.12. The van der Waals surface area contributed by atoms with Crippen LogP contribution in [-0.2, 0) is 4.74 Å². The molecule has 1 aliphatic heterocycles. The fraction of sp³-hybridized carbons (Fsp3) is 0.280. The molecule has 3 aromatic heterocycles. The summed E-state index contributed by atoms with van der Waals surface area (Å²) >= 11 is 0. The van der Waals surface area contributed by atoms with E-state index in [9.17, 15) is 4.79 Å². The Hall–Kier alpha value is -4.18. The third-order valence-corrected chi connectivity index (χ3v) is 5.87. The van der Waals surface area contributed by atoms with Crippen molar-refractivity contribution >= 4 is 28.6 Å². The third kappa shape index (κ3) is 4.73. The number of benzene rings is 1. The van der Waals surface area contributed by atoms with Gasteiger partial charge >= 0.3 is 0 Å². The van der Waals surface area contributed by atoms with Gasteiger partial charge < -0.3 is 29.8 Å². The molecule has 1 amide bonds. The lowest BCUT2D eigenvalue weighted by atomic mass is 10.1. The number of nitrogens with one attached hydrogen (secondary N) is 3. The Bertz CT molecular complexity index is 1330. The minimum atomic E-state index is -0.199. The number of amides is 1. The summed E-state index contributed by atoms with van der Waals surface area (Å²) in [4.78, 5) is 28.8. The zero-order valence-electron chi connectivity index (χ0n) is 19.5. The van der Waals surface area contributed by atoms with E-state index < -0.39 is 0 Å². The molecule has 0 radical (unpaired) electrons. The van der Waals surface area contributed by atoms with Gasteiger partial charge in [-0.2, -0.15) is 9.97 Å². The van der Waals surface area contributed by atoms with E-state index in [0.29, 0.717) is 47.7 Å². The summed E-state index contributed by atoms with van der Waals surface area (Å²) in [6.07, 6.45) is 6.97. The number of ether oxygens (including phenoxy) is 3. The fourth-order valence-electron chi connectivity index (χ4n) is 4.05. The molecule has 0 atom stereocenters. The summed E-state index contributed by atoms with van der Waals surface area (Å²) in [6.45, 7) is 1.31. The number of methoxy groups -OCH3 is 1. The van der Waals surface area contributed by atoms with Gasteiger partial charge in [0.1, 0.15) is 17.5 Å². The average molecular weight is 475 g/mol. The number of fused-ring (bicyclic) bond motifs is 1. The number of aromatic amines is 1. The van der Waals surface area contributed by atoms with Crippen LogP contribution in [0.1, 0.15) is 23.2 Å². The normalized spacial score (nSPS) is 14.0. The number of nitrogens with zero attached hydrogens (tertiary/aromatic N) is 3. The Kier molecular flexibility index (Phi) is 6.44. The lowest BCUT2D eigenvalue weighted by Crippen LogP contribution is -2.26. The number of rotatable bonds is 7. The first kappa shape index (κ1) is 22.6. The quantitative estimate of drug-likeness (QED) is 0.371. The van der Waals surface area contributed by atoms with Gasteiger partial charge in [-0.3, -0.25) is 9.78 Å². The maximum Gasteiger partial charge on any atom is 0.251 e. The first-order valence-electron chi connectivity index (χ1n) is 11.4. The van der Waals surface area contributed by atoms with Gasteiger partial charge in [-0.05, 0) is 35.9 Å². The Labute approximate surface area is 202 Å². The van der Waals surface area contributed by atoms with Crippen molar-refractivity contribution in [2.75, 3.05) is 32.7 Å². The molecule has 0 bridgehead atoms. The maximum absolute atomic E-state index is 12.0. The average Bonchev–Trinajstić information content (AvgIpc) is 3.34. The Balaban J connectivity index is 1.55. The second-order valence-electron chi connectivity index (χ2n) is 8.06. The van der Waals surface area contributed by atoms with Crippen LogP contribution in [0, 0.1) is 0 Å². The van der Waals surface area contributed by atoms with Gasteiger partial charge in [-0.25, -0.2) is 0 Å². The zero-order valence-corrected chi connectivity index (χ0v) is 19.5. The number of carbonyl (C=O) groups is 1. The molecule has 1 fully saturated rings. The van der Waals surface area contributed by atoms with Crippen LogP contribution in [0.3, 0.4) is 0 Å². The minimum absolute atomic E-state index is 0.00346. The van der Waals surface area contributed by atoms with Crippen molar-refractivity contribution in [3.8, 4) is 22.8 Å². The Morgan fingerprint density at radius 3 is 2.69 bits per heavy atom. The van der Waals surface area contributed by atoms with Crippen LogP contribution in [0.4, 0.5) is 11.6 Å². The van der Waals surface area contributed by atoms with Crippen molar-refractivity contribution in [3.05, 3.63) is 54.5 Å². The highest BCUT2D eigenvalue weighted by molar-refractivity contribution is 5.98. The van der Waals surface area contributed by atoms with E-state index in [0.717, 1.165) is 29.4 Å². The molecule has 1 aliphatic rings. The molecule has 35 heavy (non-hydrogen) atoms. The molecule has 0 spiro atoms. The number of carbonyl (C=O) groups excluding carboxylic acids is 1. The summed E-state index contributed by atoms with van der Waals surface area (Å²) in [5, 5.41) is 6.62. The van der Waals surface area contributed by atoms with Gasteiger partial charge in [0.05, 0.1) is 31.4 Å². The van der Waals surface area contributed by atoms with Crippen LogP contribution in [0.15, 0.2) is 48.9 Å². The predicted molar refractivity (Wildman–Crippen MR) is 131 cm³/mol. The van der Waals surface area contributed by atoms with E-state index in [1.54, 1.807) is 44.8 Å². The predicted octanol–water partition coefficient (Wildman–Crippen LogP) is 3.69. The summed E-state index contributed by atoms with van der Waals surface area (Å²) in [6, 6.07) is 9.00. The number of hydrogen-bond donors (Lipinski definition) is 3. The van der Waals surface area contributed by atoms with E-state index >= 15 is 0 Å². The molecule has 180 valence electrons. The molecule has 3 N–H and O–H groups in total. The Morgan fingerprint density at radius 1 is 1.14 bits per heavy atom. The molecule has 10 heteroatoms. The first-order valence-corrected chi connectivity index (χ1v) is 11.4. The summed E-state index contributed by atoms with van der Waals surface area (Å²) in [7, 11) is 3.13. The maximum atomic E-state index is 12.0. The highest BCUT2D eigenvalue weighted by Gasteiger charge is 2.22. The summed E-state index contributed by atoms with van der Waals surface area (Å²) < 4.78 is 17.4. The van der Waals surface area contributed by atoms with Crippen LogP contribution in [-0.4, -0.2) is 59.3 Å². The van der Waals surface area contributed by atoms with Gasteiger partial charge in [-0.1, -0.05) is 0 Å². The molecular weight excluding hydrogens is 448 g/mol. The topological polar surface area (TPSA) is 123 Å². The van der Waals surface area contributed by atoms with Gasteiger partial charge in [0.25, 0.3) is 5.91 Å². The molecule has 0 aliphatic carbocycles. The number of H-pyrrole nitrogens is 1. The lowest BCUT2D eigenvalue weighted by molar-refractivity contribution is 0.0244. The minimum Gasteiger partial charge on any atom is -0.495 e. The van der Waals surface area contributed by atoms with Crippen LogP contribution in [0.2, 0.25) is 0 Å². The van der Waals surface area contributed by atoms with Crippen LogP contribution >= 0.6 is 0 Å². The molecule has 10 nitrogen and oxygen atoms in total. The Morgan fingerprint density at radius 2 is 1.94 bits per heavy atom. The molecule has 4 aromatic rings. The van der Waals surface area contributed by atoms with E-state index in [4.69, 9.17) is 19.2 Å². The van der Waals surface area contributed by atoms with Crippen molar-refractivity contribution < 1.29 is 19.0 Å². The largest absolute Gasteiger partial charge is 0.495 e. The zero-order chi connectivity index (χ0) is 24.2. The van der Waals surface area contributed by atoms with Crippen LogP contribution < -0.4 is 20.1 Å². The van der Waals surface area contributed by atoms with Crippen molar-refractivity contribution in [3.63, 3.8) is 0 Å². The second kappa shape index (κ2) is 9.98. The van der Waals surface area contributed by atoms with E-state index in [2.05, 4.69) is 25.6 Å². The smallest absolute Gasteiger partial charge is 0.251 e. The van der Waals surface area contributed by atoms with Gasteiger partial charge in [0, 0.05) is 49.6 Å². The SMILES string of the molecule is CNC(=O)c1ccc(Nc2nc(OC3CCOCC3)c3c(-c4ccncc4)c[nH]c3n2)c(OC)c1. The highest BCUT2D eigenvalue weighted by Crippen LogP contribution is 2.36. The van der Waals surface area contributed by atoms with Crippen molar-refractivity contribution in [2.45, 2.75) is 18.9 Å². The monoisotopic (exact) mass is 474 g/mol. The number of pyridine rings is 1.